The molecule has 0 unspecified atom stereocenters. The fraction of sp³-hybridized carbons (Fsp3) is 0.667. The molecule has 0 aliphatic heterocycles. The van der Waals surface area contributed by atoms with Gasteiger partial charge in [-0.05, 0) is 12.1 Å². The van der Waals surface area contributed by atoms with Crippen LogP contribution in [0.1, 0.15) is 27.7 Å². The molecule has 11 heavy (non-hydrogen) atoms. The van der Waals surface area contributed by atoms with Gasteiger partial charge in [0.25, 0.3) is 0 Å². The zero-order valence-electron chi connectivity index (χ0n) is 7.72. The molecular formula is C9H17NO. The summed E-state index contributed by atoms with van der Waals surface area (Å²) in [6, 6.07) is 0. The molecule has 0 bridgehead atoms. The van der Waals surface area contributed by atoms with E-state index >= 15 is 0 Å². The van der Waals surface area contributed by atoms with E-state index in [1.165, 1.54) is 0 Å². The molecule has 0 aromatic rings. The minimum absolute atomic E-state index is 0.0619. The number of nitrogens with one attached hydrogen (secondary N) is 1. The van der Waals surface area contributed by atoms with Gasteiger partial charge >= 0.3 is 0 Å². The molecule has 1 amide bonds. The molecule has 0 aliphatic carbocycles. The van der Waals surface area contributed by atoms with Crippen molar-refractivity contribution in [2.75, 3.05) is 0 Å². The smallest absolute Gasteiger partial charge is 0.226 e. The van der Waals surface area contributed by atoms with Crippen LogP contribution >= 0.6 is 0 Å². The summed E-state index contributed by atoms with van der Waals surface area (Å²) in [5, 5.41) is 2.69. The molecule has 0 aromatic heterocycles. The van der Waals surface area contributed by atoms with E-state index in [0.29, 0.717) is 5.92 Å². The standard InChI is InChI=1S/C9H17NO/c1-7(2)5-6-10-9(11)8(3)4/h5-8H,1-4H3,(H,10,11)/b6-5+. The van der Waals surface area contributed by atoms with Crippen molar-refractivity contribution in [3.8, 4) is 0 Å². The highest BCUT2D eigenvalue weighted by Crippen LogP contribution is 1.93. The van der Waals surface area contributed by atoms with Gasteiger partial charge in [-0.25, -0.2) is 0 Å². The highest BCUT2D eigenvalue weighted by molar-refractivity contribution is 5.78. The number of amides is 1. The van der Waals surface area contributed by atoms with E-state index in [0.717, 1.165) is 0 Å². The predicted molar refractivity (Wildman–Crippen MR) is 47.0 cm³/mol. The second kappa shape index (κ2) is 4.94. The Labute approximate surface area is 68.7 Å². The summed E-state index contributed by atoms with van der Waals surface area (Å²) < 4.78 is 0. The molecule has 2 nitrogen and oxygen atoms in total. The topological polar surface area (TPSA) is 29.1 Å². The maximum absolute atomic E-state index is 11.0. The van der Waals surface area contributed by atoms with Crippen LogP contribution < -0.4 is 5.32 Å². The molecule has 1 N–H and O–H groups in total. The van der Waals surface area contributed by atoms with Crippen LogP contribution in [0.15, 0.2) is 12.3 Å². The fourth-order valence-corrected chi connectivity index (χ4v) is 0.489. The first-order chi connectivity index (χ1) is 5.04. The summed E-state index contributed by atoms with van der Waals surface area (Å²) in [4.78, 5) is 11.0. The molecule has 0 heterocycles. The van der Waals surface area contributed by atoms with Crippen LogP contribution in [0, 0.1) is 11.8 Å². The number of hydrogen-bond donors (Lipinski definition) is 1. The van der Waals surface area contributed by atoms with Crippen LogP contribution in [0.25, 0.3) is 0 Å². The minimum Gasteiger partial charge on any atom is -0.333 e. The summed E-state index contributed by atoms with van der Waals surface area (Å²) in [5.74, 6) is 0.621. The first-order valence-corrected chi connectivity index (χ1v) is 4.01. The average Bonchev–Trinajstić information content (AvgIpc) is 1.86. The normalized spacial score (nSPS) is 11.5. The van der Waals surface area contributed by atoms with Crippen molar-refractivity contribution in [1.29, 1.82) is 0 Å². The van der Waals surface area contributed by atoms with E-state index < -0.39 is 0 Å². The molecule has 0 radical (unpaired) electrons. The maximum Gasteiger partial charge on any atom is 0.226 e. The zero-order chi connectivity index (χ0) is 8.85. The Hall–Kier alpha value is -0.790. The summed E-state index contributed by atoms with van der Waals surface area (Å²) in [6.07, 6.45) is 3.67. The predicted octanol–water partition coefficient (Wildman–Crippen LogP) is 1.93. The zero-order valence-corrected chi connectivity index (χ0v) is 7.72. The van der Waals surface area contributed by atoms with E-state index in [2.05, 4.69) is 19.2 Å². The van der Waals surface area contributed by atoms with Crippen LogP contribution in [0.3, 0.4) is 0 Å². The van der Waals surface area contributed by atoms with Crippen LogP contribution in [0.4, 0.5) is 0 Å². The molecule has 0 aromatic carbocycles. The highest BCUT2D eigenvalue weighted by Gasteiger charge is 2.02. The van der Waals surface area contributed by atoms with Crippen LogP contribution in [0.5, 0.6) is 0 Å². The monoisotopic (exact) mass is 155 g/mol. The molecule has 0 rings (SSSR count). The van der Waals surface area contributed by atoms with Gasteiger partial charge in [0.05, 0.1) is 0 Å². The Morgan fingerprint density at radius 3 is 2.18 bits per heavy atom. The van der Waals surface area contributed by atoms with E-state index in [4.69, 9.17) is 0 Å². The van der Waals surface area contributed by atoms with Gasteiger partial charge in [-0.1, -0.05) is 33.8 Å². The Balaban J connectivity index is 3.62. The van der Waals surface area contributed by atoms with E-state index in [1.54, 1.807) is 6.20 Å². The second-order valence-electron chi connectivity index (χ2n) is 3.27. The summed E-state index contributed by atoms with van der Waals surface area (Å²) in [7, 11) is 0. The molecule has 0 aliphatic rings. The van der Waals surface area contributed by atoms with Crippen molar-refractivity contribution in [3.05, 3.63) is 12.3 Å². The lowest BCUT2D eigenvalue weighted by atomic mass is 10.2. The molecule has 0 spiro atoms. The first kappa shape index (κ1) is 10.2. The Kier molecular flexibility index (Phi) is 4.59. The van der Waals surface area contributed by atoms with Gasteiger partial charge in [0.1, 0.15) is 0 Å². The number of carbonyl (C=O) groups excluding carboxylic acids is 1. The van der Waals surface area contributed by atoms with E-state index in [-0.39, 0.29) is 11.8 Å². The molecule has 0 atom stereocenters. The SMILES string of the molecule is CC(C)/C=C/NC(=O)C(C)C. The lowest BCUT2D eigenvalue weighted by Gasteiger charge is -2.02. The summed E-state index contributed by atoms with van der Waals surface area (Å²) >= 11 is 0. The third kappa shape index (κ3) is 5.64. The lowest BCUT2D eigenvalue weighted by molar-refractivity contribution is -0.123. The van der Waals surface area contributed by atoms with Gasteiger partial charge in [0.15, 0.2) is 0 Å². The number of carbonyl (C=O) groups is 1. The summed E-state index contributed by atoms with van der Waals surface area (Å²) in [6.45, 7) is 7.88. The molecule has 0 fully saturated rings. The van der Waals surface area contributed by atoms with E-state index in [1.807, 2.05) is 19.9 Å². The van der Waals surface area contributed by atoms with Gasteiger partial charge in [-0.2, -0.15) is 0 Å². The van der Waals surface area contributed by atoms with Crippen molar-refractivity contribution in [2.24, 2.45) is 11.8 Å². The van der Waals surface area contributed by atoms with Crippen LogP contribution in [-0.4, -0.2) is 5.91 Å². The minimum atomic E-state index is 0.0619. The Bertz CT molecular complexity index is 148. The van der Waals surface area contributed by atoms with Gasteiger partial charge in [0.2, 0.25) is 5.91 Å². The van der Waals surface area contributed by atoms with Crippen molar-refractivity contribution >= 4 is 5.91 Å². The number of rotatable bonds is 3. The van der Waals surface area contributed by atoms with Crippen molar-refractivity contribution in [2.45, 2.75) is 27.7 Å². The third-order valence-electron chi connectivity index (χ3n) is 1.23. The van der Waals surface area contributed by atoms with Gasteiger partial charge in [0, 0.05) is 5.92 Å². The van der Waals surface area contributed by atoms with Crippen LogP contribution in [-0.2, 0) is 4.79 Å². The molecule has 0 saturated carbocycles. The maximum atomic E-state index is 11.0. The van der Waals surface area contributed by atoms with Crippen molar-refractivity contribution in [1.82, 2.24) is 5.32 Å². The molecular weight excluding hydrogens is 138 g/mol. The number of allylic oxidation sites excluding steroid dienone is 1. The van der Waals surface area contributed by atoms with Crippen LogP contribution in [0.2, 0.25) is 0 Å². The van der Waals surface area contributed by atoms with Gasteiger partial charge in [-0.3, -0.25) is 4.79 Å². The van der Waals surface area contributed by atoms with Gasteiger partial charge in [-0.15, -0.1) is 0 Å². The quantitative estimate of drug-likeness (QED) is 0.663. The molecule has 0 saturated heterocycles. The average molecular weight is 155 g/mol. The third-order valence-corrected chi connectivity index (χ3v) is 1.23. The molecule has 2 heteroatoms. The summed E-state index contributed by atoms with van der Waals surface area (Å²) in [5.41, 5.74) is 0. The largest absolute Gasteiger partial charge is 0.333 e. The van der Waals surface area contributed by atoms with Gasteiger partial charge < -0.3 is 5.32 Å². The van der Waals surface area contributed by atoms with E-state index in [9.17, 15) is 4.79 Å². The Morgan fingerprint density at radius 2 is 1.82 bits per heavy atom. The molecule has 64 valence electrons. The Morgan fingerprint density at radius 1 is 1.27 bits per heavy atom. The second-order valence-corrected chi connectivity index (χ2v) is 3.27. The van der Waals surface area contributed by atoms with Crippen molar-refractivity contribution in [3.63, 3.8) is 0 Å². The number of hydrogen-bond acceptors (Lipinski definition) is 1. The van der Waals surface area contributed by atoms with Crippen molar-refractivity contribution < 1.29 is 4.79 Å². The first-order valence-electron chi connectivity index (χ1n) is 4.01. The lowest BCUT2D eigenvalue weighted by Crippen LogP contribution is -2.22. The fourth-order valence-electron chi connectivity index (χ4n) is 0.489. The highest BCUT2D eigenvalue weighted by atomic mass is 16.1.